The predicted octanol–water partition coefficient (Wildman–Crippen LogP) is 8.41. The lowest BCUT2D eigenvalue weighted by Crippen LogP contribution is -2.28. The molecule has 0 fully saturated rings. The summed E-state index contributed by atoms with van der Waals surface area (Å²) in [6, 6.07) is 0. The van der Waals surface area contributed by atoms with E-state index in [-0.39, 0.29) is 32.3 Å². The minimum atomic E-state index is -4.25. The second-order valence-electron chi connectivity index (χ2n) is 10.7. The standard InChI is InChI=1S/C31H62NO7P/c1-3-5-7-9-11-12-13-14-15-16-17-18-19-21-23-26-36-28-30(29-38-40(34,35)37-27-25-32)39-31(33)24-22-20-10-8-6-4-2/h13-14,30H,3-12,15-29,32H2,1-2H3,(H,34,35)/b14-13-. The van der Waals surface area contributed by atoms with Gasteiger partial charge in [0.1, 0.15) is 6.10 Å². The van der Waals surface area contributed by atoms with Crippen molar-refractivity contribution >= 4 is 13.8 Å². The molecule has 238 valence electrons. The second kappa shape index (κ2) is 29.7. The maximum Gasteiger partial charge on any atom is 0.472 e. The first-order valence-corrected chi connectivity index (χ1v) is 17.7. The van der Waals surface area contributed by atoms with E-state index in [0.29, 0.717) is 13.0 Å². The molecule has 40 heavy (non-hydrogen) atoms. The smallest absolute Gasteiger partial charge is 0.457 e. The lowest BCUT2D eigenvalue weighted by Gasteiger charge is -2.20. The van der Waals surface area contributed by atoms with Crippen molar-refractivity contribution in [3.8, 4) is 0 Å². The summed E-state index contributed by atoms with van der Waals surface area (Å²) in [5, 5.41) is 0. The van der Waals surface area contributed by atoms with Crippen molar-refractivity contribution in [3.63, 3.8) is 0 Å². The number of hydrogen-bond acceptors (Lipinski definition) is 7. The van der Waals surface area contributed by atoms with Crippen LogP contribution in [0, 0.1) is 0 Å². The molecule has 2 atom stereocenters. The van der Waals surface area contributed by atoms with E-state index in [1.54, 1.807) is 0 Å². The number of rotatable bonds is 31. The monoisotopic (exact) mass is 591 g/mol. The molecule has 0 spiro atoms. The predicted molar refractivity (Wildman–Crippen MR) is 164 cm³/mol. The summed E-state index contributed by atoms with van der Waals surface area (Å²) >= 11 is 0. The molecule has 0 saturated carbocycles. The van der Waals surface area contributed by atoms with Gasteiger partial charge in [-0.1, -0.05) is 109 Å². The summed E-state index contributed by atoms with van der Waals surface area (Å²) in [5.74, 6) is -0.342. The largest absolute Gasteiger partial charge is 0.472 e. The summed E-state index contributed by atoms with van der Waals surface area (Å²) in [6.07, 6.45) is 26.7. The number of carbonyl (C=O) groups excluding carboxylic acids is 1. The average Bonchev–Trinajstić information content (AvgIpc) is 2.94. The van der Waals surface area contributed by atoms with Crippen molar-refractivity contribution < 1.29 is 32.8 Å². The zero-order chi connectivity index (χ0) is 29.6. The molecule has 0 heterocycles. The molecule has 0 amide bonds. The zero-order valence-electron chi connectivity index (χ0n) is 25.8. The molecule has 2 unspecified atom stereocenters. The molecule has 0 aromatic carbocycles. The summed E-state index contributed by atoms with van der Waals surface area (Å²) in [7, 11) is -4.25. The maximum atomic E-state index is 12.3. The number of phosphoric ester groups is 1. The number of allylic oxidation sites excluding steroid dienone is 2. The molecule has 0 rings (SSSR count). The highest BCUT2D eigenvalue weighted by Gasteiger charge is 2.25. The minimum absolute atomic E-state index is 0.0946. The SMILES string of the molecule is CCCCCCC/C=C\CCCCCCCCOCC(COP(=O)(O)OCCN)OC(=O)CCCCCCCC. The topological polar surface area (TPSA) is 117 Å². The van der Waals surface area contributed by atoms with Gasteiger partial charge in [0.15, 0.2) is 0 Å². The summed E-state index contributed by atoms with van der Waals surface area (Å²) in [5.41, 5.74) is 5.32. The highest BCUT2D eigenvalue weighted by Crippen LogP contribution is 2.43. The van der Waals surface area contributed by atoms with E-state index in [0.717, 1.165) is 32.1 Å². The number of phosphoric acid groups is 1. The number of ether oxygens (including phenoxy) is 2. The molecule has 0 aliphatic heterocycles. The van der Waals surface area contributed by atoms with Crippen molar-refractivity contribution in [2.24, 2.45) is 5.73 Å². The van der Waals surface area contributed by atoms with E-state index < -0.39 is 13.9 Å². The van der Waals surface area contributed by atoms with Gasteiger partial charge >= 0.3 is 13.8 Å². The van der Waals surface area contributed by atoms with Gasteiger partial charge in [-0.15, -0.1) is 0 Å². The van der Waals surface area contributed by atoms with Gasteiger partial charge in [0.05, 0.1) is 19.8 Å². The van der Waals surface area contributed by atoms with Crippen LogP contribution in [0.2, 0.25) is 0 Å². The molecule has 8 nitrogen and oxygen atoms in total. The van der Waals surface area contributed by atoms with Gasteiger partial charge in [-0.2, -0.15) is 0 Å². The van der Waals surface area contributed by atoms with Crippen LogP contribution in [-0.2, 0) is 27.9 Å². The van der Waals surface area contributed by atoms with Crippen molar-refractivity contribution in [2.75, 3.05) is 33.0 Å². The molecule has 0 saturated heterocycles. The van der Waals surface area contributed by atoms with E-state index in [1.165, 1.54) is 89.9 Å². The Kier molecular flexibility index (Phi) is 29.2. The highest BCUT2D eigenvalue weighted by atomic mass is 31.2. The fourth-order valence-electron chi connectivity index (χ4n) is 4.28. The Morgan fingerprint density at radius 1 is 0.725 bits per heavy atom. The van der Waals surface area contributed by atoms with E-state index in [1.807, 2.05) is 0 Å². The Balaban J connectivity index is 4.05. The van der Waals surface area contributed by atoms with Gasteiger partial charge in [0.2, 0.25) is 0 Å². The van der Waals surface area contributed by atoms with E-state index >= 15 is 0 Å². The lowest BCUT2D eigenvalue weighted by molar-refractivity contribution is -0.154. The third-order valence-electron chi connectivity index (χ3n) is 6.68. The number of nitrogens with two attached hydrogens (primary N) is 1. The third kappa shape index (κ3) is 28.8. The van der Waals surface area contributed by atoms with Gasteiger partial charge in [0.25, 0.3) is 0 Å². The second-order valence-corrected chi connectivity index (χ2v) is 12.1. The third-order valence-corrected chi connectivity index (χ3v) is 7.67. The van der Waals surface area contributed by atoms with E-state index in [4.69, 9.17) is 24.3 Å². The average molecular weight is 592 g/mol. The number of carbonyl (C=O) groups is 1. The quantitative estimate of drug-likeness (QED) is 0.0357. The first kappa shape index (κ1) is 39.2. The van der Waals surface area contributed by atoms with Gasteiger partial charge in [-0.3, -0.25) is 13.8 Å². The van der Waals surface area contributed by atoms with E-state index in [2.05, 4.69) is 26.0 Å². The van der Waals surface area contributed by atoms with Crippen molar-refractivity contribution in [1.82, 2.24) is 0 Å². The van der Waals surface area contributed by atoms with Crippen molar-refractivity contribution in [2.45, 2.75) is 148 Å². The van der Waals surface area contributed by atoms with Crippen LogP contribution in [0.5, 0.6) is 0 Å². The molecule has 3 N–H and O–H groups in total. The minimum Gasteiger partial charge on any atom is -0.457 e. The first-order valence-electron chi connectivity index (χ1n) is 16.2. The molecule has 0 aliphatic rings. The zero-order valence-corrected chi connectivity index (χ0v) is 26.7. The van der Waals surface area contributed by atoms with Crippen LogP contribution in [-0.4, -0.2) is 49.9 Å². The summed E-state index contributed by atoms with van der Waals surface area (Å²) < 4.78 is 33.0. The molecule has 0 radical (unpaired) electrons. The summed E-state index contributed by atoms with van der Waals surface area (Å²) in [6.45, 7) is 4.83. The molecular weight excluding hydrogens is 529 g/mol. The fraction of sp³-hybridized carbons (Fsp3) is 0.903. The van der Waals surface area contributed by atoms with E-state index in [9.17, 15) is 14.3 Å². The normalized spacial score (nSPS) is 14.0. The molecule has 0 aromatic heterocycles. The van der Waals surface area contributed by atoms with Crippen molar-refractivity contribution in [3.05, 3.63) is 12.2 Å². The molecule has 0 aliphatic carbocycles. The molecule has 0 aromatic rings. The van der Waals surface area contributed by atoms with Gasteiger partial charge in [-0.05, 0) is 38.5 Å². The highest BCUT2D eigenvalue weighted by molar-refractivity contribution is 7.47. The van der Waals surface area contributed by atoms with Gasteiger partial charge in [-0.25, -0.2) is 4.57 Å². The lowest BCUT2D eigenvalue weighted by atomic mass is 10.1. The van der Waals surface area contributed by atoms with Gasteiger partial charge < -0.3 is 20.1 Å². The molecule has 0 bridgehead atoms. The first-order chi connectivity index (χ1) is 19.4. The van der Waals surface area contributed by atoms with Crippen LogP contribution >= 0.6 is 7.82 Å². The number of esters is 1. The Morgan fingerprint density at radius 2 is 1.25 bits per heavy atom. The summed E-state index contributed by atoms with van der Waals surface area (Å²) in [4.78, 5) is 22.1. The molecule has 9 heteroatoms. The number of unbranched alkanes of at least 4 members (excludes halogenated alkanes) is 16. The van der Waals surface area contributed by atoms with Crippen LogP contribution in [0.3, 0.4) is 0 Å². The van der Waals surface area contributed by atoms with Crippen LogP contribution in [0.15, 0.2) is 12.2 Å². The van der Waals surface area contributed by atoms with Crippen molar-refractivity contribution in [1.29, 1.82) is 0 Å². The number of hydrogen-bond donors (Lipinski definition) is 2. The van der Waals surface area contributed by atoms with Crippen LogP contribution in [0.25, 0.3) is 0 Å². The Bertz CT molecular complexity index is 633. The fourth-order valence-corrected chi connectivity index (χ4v) is 5.05. The van der Waals surface area contributed by atoms with Crippen LogP contribution < -0.4 is 5.73 Å². The van der Waals surface area contributed by atoms with Gasteiger partial charge in [0, 0.05) is 19.6 Å². The maximum absolute atomic E-state index is 12.3. The molecular formula is C31H62NO7P. The van der Waals surface area contributed by atoms with Crippen LogP contribution in [0.1, 0.15) is 142 Å². The Morgan fingerprint density at radius 3 is 1.82 bits per heavy atom. The Hall–Kier alpha value is -0.760. The van der Waals surface area contributed by atoms with Crippen LogP contribution in [0.4, 0.5) is 0 Å². The Labute approximate surface area is 245 Å².